The second-order valence-corrected chi connectivity index (χ2v) is 3.93. The third-order valence-corrected chi connectivity index (χ3v) is 2.43. The normalized spacial score (nSPS) is 11.7. The van der Waals surface area contributed by atoms with Crippen LogP contribution in [0.4, 0.5) is 11.4 Å². The number of nitrogens with two attached hydrogens (primary N) is 2. The van der Waals surface area contributed by atoms with Crippen LogP contribution in [0.3, 0.4) is 0 Å². The number of benzene rings is 1. The summed E-state index contributed by atoms with van der Waals surface area (Å²) in [7, 11) is 0. The van der Waals surface area contributed by atoms with Gasteiger partial charge in [0.1, 0.15) is 6.04 Å². The third kappa shape index (κ3) is 3.38. The maximum Gasteiger partial charge on any atom is 0.250 e. The van der Waals surface area contributed by atoms with E-state index in [1.807, 2.05) is 6.92 Å². The molecule has 1 aromatic rings. The van der Waals surface area contributed by atoms with E-state index in [2.05, 4.69) is 10.6 Å². The Balaban J connectivity index is 2.90. The van der Waals surface area contributed by atoms with Crippen molar-refractivity contribution in [3.05, 3.63) is 23.8 Å². The van der Waals surface area contributed by atoms with Gasteiger partial charge in [-0.05, 0) is 32.0 Å². The van der Waals surface area contributed by atoms with Crippen molar-refractivity contribution in [1.82, 2.24) is 5.32 Å². The number of nitrogens with one attached hydrogen (secondary N) is 2. The highest BCUT2D eigenvalue weighted by atomic mass is 16.2. The number of amides is 2. The molecule has 0 radical (unpaired) electrons. The van der Waals surface area contributed by atoms with Gasteiger partial charge < -0.3 is 22.1 Å². The lowest BCUT2D eigenvalue weighted by atomic mass is 10.1. The molecule has 6 nitrogen and oxygen atoms in total. The molecule has 18 heavy (non-hydrogen) atoms. The molecule has 0 aliphatic carbocycles. The van der Waals surface area contributed by atoms with Gasteiger partial charge >= 0.3 is 0 Å². The van der Waals surface area contributed by atoms with Crippen LogP contribution in [0.25, 0.3) is 0 Å². The zero-order valence-electron chi connectivity index (χ0n) is 10.5. The van der Waals surface area contributed by atoms with Gasteiger partial charge in [0, 0.05) is 17.9 Å². The lowest BCUT2D eigenvalue weighted by Gasteiger charge is -2.16. The molecule has 2 amide bonds. The first-order valence-corrected chi connectivity index (χ1v) is 5.69. The Kier molecular flexibility index (Phi) is 4.53. The van der Waals surface area contributed by atoms with E-state index in [0.717, 1.165) is 0 Å². The van der Waals surface area contributed by atoms with Crippen LogP contribution >= 0.6 is 0 Å². The molecule has 0 heterocycles. The van der Waals surface area contributed by atoms with E-state index in [0.29, 0.717) is 17.9 Å². The van der Waals surface area contributed by atoms with E-state index in [-0.39, 0.29) is 11.5 Å². The predicted octanol–water partition coefficient (Wildman–Crippen LogP) is 0.304. The molecule has 0 aromatic heterocycles. The highest BCUT2D eigenvalue weighted by Crippen LogP contribution is 2.19. The Morgan fingerprint density at radius 2 is 2.06 bits per heavy atom. The molecule has 0 fully saturated rings. The lowest BCUT2D eigenvalue weighted by Crippen LogP contribution is -2.37. The Hall–Kier alpha value is -2.24. The van der Waals surface area contributed by atoms with Crippen molar-refractivity contribution < 1.29 is 9.59 Å². The van der Waals surface area contributed by atoms with E-state index in [9.17, 15) is 9.59 Å². The number of hydrogen-bond donors (Lipinski definition) is 4. The summed E-state index contributed by atoms with van der Waals surface area (Å²) in [6, 6.07) is 4.28. The van der Waals surface area contributed by atoms with Gasteiger partial charge in [-0.1, -0.05) is 0 Å². The van der Waals surface area contributed by atoms with E-state index < -0.39 is 11.9 Å². The summed E-state index contributed by atoms with van der Waals surface area (Å²) in [4.78, 5) is 22.9. The van der Waals surface area contributed by atoms with Gasteiger partial charge in [0.15, 0.2) is 0 Å². The van der Waals surface area contributed by atoms with Crippen molar-refractivity contribution >= 4 is 23.2 Å². The number of anilines is 2. The summed E-state index contributed by atoms with van der Waals surface area (Å²) in [6.07, 6.45) is 0. The maximum atomic E-state index is 11.6. The number of carbonyl (C=O) groups excluding carboxylic acids is 2. The van der Waals surface area contributed by atoms with Gasteiger partial charge in [-0.3, -0.25) is 9.59 Å². The Labute approximate surface area is 106 Å². The molecular weight excluding hydrogens is 232 g/mol. The van der Waals surface area contributed by atoms with Crippen molar-refractivity contribution in [3.8, 4) is 0 Å². The standard InChI is InChI=1S/C12H18N4O2/c1-3-15-12(18)7(2)16-10-5-4-8(13)6-9(10)11(14)17/h4-7,16H,3,13H2,1-2H3,(H2,14,17)(H,15,18). The number of rotatable bonds is 5. The first-order chi connectivity index (χ1) is 8.45. The first kappa shape index (κ1) is 13.8. The Morgan fingerprint density at radius 3 is 2.61 bits per heavy atom. The Bertz CT molecular complexity index is 459. The first-order valence-electron chi connectivity index (χ1n) is 5.69. The smallest absolute Gasteiger partial charge is 0.250 e. The van der Waals surface area contributed by atoms with Crippen LogP contribution in [-0.2, 0) is 4.79 Å². The molecule has 1 aromatic carbocycles. The van der Waals surface area contributed by atoms with Crippen LogP contribution in [0.15, 0.2) is 18.2 Å². The number of hydrogen-bond acceptors (Lipinski definition) is 4. The number of nitrogen functional groups attached to an aromatic ring is 1. The number of primary amides is 1. The molecular formula is C12H18N4O2. The highest BCUT2D eigenvalue weighted by Gasteiger charge is 2.15. The quantitative estimate of drug-likeness (QED) is 0.563. The van der Waals surface area contributed by atoms with Crippen molar-refractivity contribution in [1.29, 1.82) is 0 Å². The number of carbonyl (C=O) groups is 2. The van der Waals surface area contributed by atoms with Crippen LogP contribution in [-0.4, -0.2) is 24.4 Å². The monoisotopic (exact) mass is 250 g/mol. The van der Waals surface area contributed by atoms with Crippen molar-refractivity contribution in [2.45, 2.75) is 19.9 Å². The molecule has 6 N–H and O–H groups in total. The second-order valence-electron chi connectivity index (χ2n) is 3.93. The summed E-state index contributed by atoms with van der Waals surface area (Å²) >= 11 is 0. The van der Waals surface area contributed by atoms with Gasteiger partial charge in [0.05, 0.1) is 5.56 Å². The van der Waals surface area contributed by atoms with E-state index >= 15 is 0 Å². The zero-order valence-corrected chi connectivity index (χ0v) is 10.5. The van der Waals surface area contributed by atoms with E-state index in [4.69, 9.17) is 11.5 Å². The minimum absolute atomic E-state index is 0.148. The predicted molar refractivity (Wildman–Crippen MR) is 71.1 cm³/mol. The van der Waals surface area contributed by atoms with Crippen LogP contribution in [0.1, 0.15) is 24.2 Å². The molecule has 0 aliphatic rings. The Morgan fingerprint density at radius 1 is 1.39 bits per heavy atom. The highest BCUT2D eigenvalue weighted by molar-refractivity contribution is 6.00. The summed E-state index contributed by atoms with van der Waals surface area (Å²) < 4.78 is 0. The van der Waals surface area contributed by atoms with Gasteiger partial charge in [-0.2, -0.15) is 0 Å². The van der Waals surface area contributed by atoms with Gasteiger partial charge in [-0.15, -0.1) is 0 Å². The van der Waals surface area contributed by atoms with Crippen molar-refractivity contribution in [3.63, 3.8) is 0 Å². The number of likely N-dealkylation sites (N-methyl/N-ethyl adjacent to an activating group) is 1. The van der Waals surface area contributed by atoms with Crippen LogP contribution in [0.5, 0.6) is 0 Å². The molecule has 6 heteroatoms. The largest absolute Gasteiger partial charge is 0.399 e. The summed E-state index contributed by atoms with van der Waals surface area (Å²) in [6.45, 7) is 4.09. The maximum absolute atomic E-state index is 11.6. The molecule has 1 unspecified atom stereocenters. The SMILES string of the molecule is CCNC(=O)C(C)Nc1ccc(N)cc1C(N)=O. The average Bonchev–Trinajstić information content (AvgIpc) is 2.31. The lowest BCUT2D eigenvalue weighted by molar-refractivity contribution is -0.121. The minimum Gasteiger partial charge on any atom is -0.399 e. The molecule has 0 spiro atoms. The van der Waals surface area contributed by atoms with E-state index in [1.54, 1.807) is 19.1 Å². The van der Waals surface area contributed by atoms with Gasteiger partial charge in [-0.25, -0.2) is 0 Å². The van der Waals surface area contributed by atoms with Crippen LogP contribution in [0, 0.1) is 0 Å². The molecule has 0 aliphatic heterocycles. The fourth-order valence-electron chi connectivity index (χ4n) is 1.52. The van der Waals surface area contributed by atoms with Crippen LogP contribution in [0.2, 0.25) is 0 Å². The van der Waals surface area contributed by atoms with E-state index in [1.165, 1.54) is 6.07 Å². The fourth-order valence-corrected chi connectivity index (χ4v) is 1.52. The van der Waals surface area contributed by atoms with Crippen molar-refractivity contribution in [2.75, 3.05) is 17.6 Å². The molecule has 1 rings (SSSR count). The summed E-state index contributed by atoms with van der Waals surface area (Å²) in [5, 5.41) is 5.62. The van der Waals surface area contributed by atoms with Crippen molar-refractivity contribution in [2.24, 2.45) is 5.73 Å². The zero-order chi connectivity index (χ0) is 13.7. The second kappa shape index (κ2) is 5.90. The topological polar surface area (TPSA) is 110 Å². The molecule has 0 bridgehead atoms. The third-order valence-electron chi connectivity index (χ3n) is 2.43. The van der Waals surface area contributed by atoms with Gasteiger partial charge in [0.2, 0.25) is 5.91 Å². The van der Waals surface area contributed by atoms with Gasteiger partial charge in [0.25, 0.3) is 5.91 Å². The molecule has 98 valence electrons. The summed E-state index contributed by atoms with van der Waals surface area (Å²) in [5.41, 5.74) is 12.1. The molecule has 0 saturated carbocycles. The minimum atomic E-state index is -0.590. The average molecular weight is 250 g/mol. The van der Waals surface area contributed by atoms with Crippen LogP contribution < -0.4 is 22.1 Å². The molecule has 1 atom stereocenters. The molecule has 0 saturated heterocycles. The fraction of sp³-hybridized carbons (Fsp3) is 0.333. The summed E-state index contributed by atoms with van der Waals surface area (Å²) in [5.74, 6) is -0.738.